The van der Waals surface area contributed by atoms with Gasteiger partial charge in [-0.1, -0.05) is 12.1 Å². The van der Waals surface area contributed by atoms with Crippen molar-refractivity contribution < 1.29 is 27.8 Å². The smallest absolute Gasteiger partial charge is 0.422 e. The predicted molar refractivity (Wildman–Crippen MR) is 76.0 cm³/mol. The summed E-state index contributed by atoms with van der Waals surface area (Å²) < 4.78 is 41.5. The van der Waals surface area contributed by atoms with Gasteiger partial charge >= 0.3 is 12.1 Å². The Labute approximate surface area is 127 Å². The molecule has 0 heterocycles. The van der Waals surface area contributed by atoms with Crippen molar-refractivity contribution >= 4 is 5.97 Å². The van der Waals surface area contributed by atoms with Crippen molar-refractivity contribution in [2.45, 2.75) is 39.5 Å². The van der Waals surface area contributed by atoms with Gasteiger partial charge < -0.3 is 9.84 Å². The number of nitrogens with zero attached hydrogens (tertiary/aromatic N) is 1. The number of likely N-dealkylation sites (N-methyl/N-ethyl adjacent to an activating group) is 1. The van der Waals surface area contributed by atoms with Gasteiger partial charge in [0, 0.05) is 6.54 Å². The molecule has 1 atom stereocenters. The van der Waals surface area contributed by atoms with Crippen LogP contribution in [0.4, 0.5) is 13.2 Å². The number of carbonyl (C=O) groups is 1. The zero-order valence-electron chi connectivity index (χ0n) is 13.0. The minimum Gasteiger partial charge on any atom is -0.484 e. The van der Waals surface area contributed by atoms with E-state index in [0.29, 0.717) is 17.7 Å². The molecule has 0 aliphatic carbocycles. The predicted octanol–water partition coefficient (Wildman–Crippen LogP) is 3.15. The van der Waals surface area contributed by atoms with Crippen LogP contribution in [0, 0.1) is 13.8 Å². The van der Waals surface area contributed by atoms with Crippen LogP contribution >= 0.6 is 0 Å². The second-order valence-corrected chi connectivity index (χ2v) is 5.39. The summed E-state index contributed by atoms with van der Waals surface area (Å²) >= 11 is 0. The van der Waals surface area contributed by atoms with Crippen LogP contribution in [-0.4, -0.2) is 41.8 Å². The Kier molecular flexibility index (Phi) is 5.82. The number of carboxylic acids is 1. The molecule has 0 saturated carbocycles. The van der Waals surface area contributed by atoms with E-state index in [1.165, 1.54) is 0 Å². The largest absolute Gasteiger partial charge is 0.484 e. The van der Waals surface area contributed by atoms with Crippen molar-refractivity contribution in [2.24, 2.45) is 0 Å². The highest BCUT2D eigenvalue weighted by Gasteiger charge is 2.29. The van der Waals surface area contributed by atoms with Gasteiger partial charge in [-0.25, -0.2) is 0 Å². The van der Waals surface area contributed by atoms with Gasteiger partial charge in [0.2, 0.25) is 0 Å². The van der Waals surface area contributed by atoms with Crippen LogP contribution in [0.3, 0.4) is 0 Å². The molecular formula is C15H20F3NO3. The standard InChI is InChI=1S/C15H20F3NO3/c1-9-5-12(7-19(4)11(3)14(20)21)6-10(2)13(9)22-8-15(16,17)18/h5-6,11H,7-8H2,1-4H3,(H,20,21). The van der Waals surface area contributed by atoms with Gasteiger partial charge in [-0.2, -0.15) is 13.2 Å². The van der Waals surface area contributed by atoms with Gasteiger partial charge in [0.25, 0.3) is 0 Å². The summed E-state index contributed by atoms with van der Waals surface area (Å²) in [4.78, 5) is 12.6. The molecule has 0 aliphatic rings. The second kappa shape index (κ2) is 7.00. The van der Waals surface area contributed by atoms with Gasteiger partial charge in [0.05, 0.1) is 0 Å². The Morgan fingerprint density at radius 2 is 1.82 bits per heavy atom. The monoisotopic (exact) mass is 319 g/mol. The van der Waals surface area contributed by atoms with E-state index in [4.69, 9.17) is 9.84 Å². The molecule has 0 bridgehead atoms. The third-order valence-corrected chi connectivity index (χ3v) is 3.35. The lowest BCUT2D eigenvalue weighted by Gasteiger charge is -2.22. The van der Waals surface area contributed by atoms with Gasteiger partial charge in [0.15, 0.2) is 6.61 Å². The lowest BCUT2D eigenvalue weighted by atomic mass is 10.0. The van der Waals surface area contributed by atoms with E-state index in [9.17, 15) is 18.0 Å². The van der Waals surface area contributed by atoms with Crippen molar-refractivity contribution in [1.82, 2.24) is 4.90 Å². The van der Waals surface area contributed by atoms with E-state index < -0.39 is 24.8 Å². The number of carboxylic acid groups (broad SMARTS) is 1. The number of hydrogen-bond donors (Lipinski definition) is 1. The van der Waals surface area contributed by atoms with Gasteiger partial charge in [0.1, 0.15) is 11.8 Å². The lowest BCUT2D eigenvalue weighted by molar-refractivity contribution is -0.153. The van der Waals surface area contributed by atoms with Crippen LogP contribution in [0.5, 0.6) is 5.75 Å². The zero-order chi connectivity index (χ0) is 17.1. The molecule has 124 valence electrons. The second-order valence-electron chi connectivity index (χ2n) is 5.39. The number of ether oxygens (including phenoxy) is 1. The maximum Gasteiger partial charge on any atom is 0.422 e. The normalized spacial score (nSPS) is 13.3. The van der Waals surface area contributed by atoms with Gasteiger partial charge in [-0.05, 0) is 44.5 Å². The number of halogens is 3. The van der Waals surface area contributed by atoms with Crippen molar-refractivity contribution in [3.8, 4) is 5.75 Å². The molecule has 0 spiro atoms. The first kappa shape index (κ1) is 18.3. The molecule has 7 heteroatoms. The highest BCUT2D eigenvalue weighted by molar-refractivity contribution is 5.72. The van der Waals surface area contributed by atoms with Gasteiger partial charge in [-0.15, -0.1) is 0 Å². The Morgan fingerprint density at radius 3 is 2.23 bits per heavy atom. The zero-order valence-corrected chi connectivity index (χ0v) is 13.0. The Balaban J connectivity index is 2.87. The minimum absolute atomic E-state index is 0.218. The maximum absolute atomic E-state index is 12.2. The number of rotatable bonds is 6. The summed E-state index contributed by atoms with van der Waals surface area (Å²) in [5.41, 5.74) is 2.01. The number of aryl methyl sites for hydroxylation is 2. The molecule has 0 fully saturated rings. The molecule has 0 radical (unpaired) electrons. The van der Waals surface area contributed by atoms with Crippen molar-refractivity contribution in [2.75, 3.05) is 13.7 Å². The third-order valence-electron chi connectivity index (χ3n) is 3.35. The van der Waals surface area contributed by atoms with E-state index in [1.54, 1.807) is 44.9 Å². The summed E-state index contributed by atoms with van der Waals surface area (Å²) in [6.45, 7) is 3.97. The van der Waals surface area contributed by atoms with E-state index in [1.807, 2.05) is 0 Å². The van der Waals surface area contributed by atoms with E-state index in [0.717, 1.165) is 5.56 Å². The quantitative estimate of drug-likeness (QED) is 0.875. The summed E-state index contributed by atoms with van der Waals surface area (Å²) in [5.74, 6) is -0.712. The first-order chi connectivity index (χ1) is 10.0. The van der Waals surface area contributed by atoms with Crippen molar-refractivity contribution in [3.05, 3.63) is 28.8 Å². The van der Waals surface area contributed by atoms with Crippen LogP contribution in [0.1, 0.15) is 23.6 Å². The highest BCUT2D eigenvalue weighted by atomic mass is 19.4. The van der Waals surface area contributed by atoms with Crippen LogP contribution in [0.25, 0.3) is 0 Å². The molecule has 1 rings (SSSR count). The number of hydrogen-bond acceptors (Lipinski definition) is 3. The van der Waals surface area contributed by atoms with E-state index in [2.05, 4.69) is 0 Å². The number of aliphatic carboxylic acids is 1. The van der Waals surface area contributed by atoms with Crippen molar-refractivity contribution in [3.63, 3.8) is 0 Å². The third kappa shape index (κ3) is 5.22. The lowest BCUT2D eigenvalue weighted by Crippen LogP contribution is -2.35. The van der Waals surface area contributed by atoms with E-state index in [-0.39, 0.29) is 5.75 Å². The molecule has 1 aromatic rings. The molecular weight excluding hydrogens is 299 g/mol. The topological polar surface area (TPSA) is 49.8 Å². The molecule has 22 heavy (non-hydrogen) atoms. The average Bonchev–Trinajstić information content (AvgIpc) is 2.35. The fraction of sp³-hybridized carbons (Fsp3) is 0.533. The number of alkyl halides is 3. The van der Waals surface area contributed by atoms with Crippen LogP contribution in [0.2, 0.25) is 0 Å². The number of benzene rings is 1. The first-order valence-electron chi connectivity index (χ1n) is 6.74. The highest BCUT2D eigenvalue weighted by Crippen LogP contribution is 2.27. The molecule has 0 aliphatic heterocycles. The minimum atomic E-state index is -4.38. The Bertz CT molecular complexity index is 520. The fourth-order valence-corrected chi connectivity index (χ4v) is 2.13. The van der Waals surface area contributed by atoms with Gasteiger partial charge in [-0.3, -0.25) is 9.69 Å². The summed E-state index contributed by atoms with van der Waals surface area (Å²) in [6, 6.07) is 2.77. The maximum atomic E-state index is 12.2. The molecule has 0 saturated heterocycles. The summed E-state index contributed by atoms with van der Waals surface area (Å²) in [5, 5.41) is 8.96. The summed E-state index contributed by atoms with van der Waals surface area (Å²) in [7, 11) is 1.68. The molecule has 1 unspecified atom stereocenters. The Hall–Kier alpha value is -1.76. The summed E-state index contributed by atoms with van der Waals surface area (Å²) in [6.07, 6.45) is -4.38. The molecule has 0 aromatic heterocycles. The first-order valence-corrected chi connectivity index (χ1v) is 6.74. The van der Waals surface area contributed by atoms with Crippen LogP contribution in [0.15, 0.2) is 12.1 Å². The molecule has 0 amide bonds. The fourth-order valence-electron chi connectivity index (χ4n) is 2.13. The molecule has 1 N–H and O–H groups in total. The molecule has 1 aromatic carbocycles. The van der Waals surface area contributed by atoms with E-state index >= 15 is 0 Å². The van der Waals surface area contributed by atoms with Crippen LogP contribution in [-0.2, 0) is 11.3 Å². The van der Waals surface area contributed by atoms with Crippen LogP contribution < -0.4 is 4.74 Å². The average molecular weight is 319 g/mol. The SMILES string of the molecule is Cc1cc(CN(C)C(C)C(=O)O)cc(C)c1OCC(F)(F)F. The Morgan fingerprint density at radius 1 is 1.32 bits per heavy atom. The van der Waals surface area contributed by atoms with Crippen molar-refractivity contribution in [1.29, 1.82) is 0 Å². The molecule has 4 nitrogen and oxygen atoms in total.